The van der Waals surface area contributed by atoms with E-state index >= 15 is 0 Å². The topological polar surface area (TPSA) is 51.0 Å². The molecule has 0 saturated carbocycles. The van der Waals surface area contributed by atoms with Gasteiger partial charge < -0.3 is 4.90 Å². The number of fused-ring (bicyclic) bond motifs is 2. The number of aryl methyl sites for hydroxylation is 1. The molecule has 0 saturated heterocycles. The molecule has 5 nitrogen and oxygen atoms in total. The minimum Gasteiger partial charge on any atom is -0.328 e. The zero-order valence-corrected chi connectivity index (χ0v) is 15.6. The van der Waals surface area contributed by atoms with Gasteiger partial charge in [0.15, 0.2) is 0 Å². The predicted molar refractivity (Wildman–Crippen MR) is 104 cm³/mol. The molecule has 5 rings (SSSR count). The second-order valence-corrected chi connectivity index (χ2v) is 7.08. The molecule has 1 aliphatic heterocycles. The summed E-state index contributed by atoms with van der Waals surface area (Å²) >= 11 is 0. The highest BCUT2D eigenvalue weighted by Crippen LogP contribution is 2.32. The van der Waals surface area contributed by atoms with Crippen LogP contribution in [0.25, 0.3) is 22.0 Å². The Morgan fingerprint density at radius 3 is 2.59 bits per heavy atom. The van der Waals surface area contributed by atoms with Crippen molar-refractivity contribution in [1.29, 1.82) is 0 Å². The third-order valence-corrected chi connectivity index (χ3v) is 5.34. The lowest BCUT2D eigenvalue weighted by Gasteiger charge is -2.17. The van der Waals surface area contributed by atoms with E-state index in [1.54, 1.807) is 29.2 Å². The van der Waals surface area contributed by atoms with Crippen LogP contribution in [0, 0.1) is 11.6 Å². The van der Waals surface area contributed by atoms with Crippen molar-refractivity contribution in [2.75, 3.05) is 0 Å². The van der Waals surface area contributed by atoms with Gasteiger partial charge in [-0.25, -0.2) is 8.78 Å². The van der Waals surface area contributed by atoms with Gasteiger partial charge in [0.05, 0.1) is 36.1 Å². The van der Waals surface area contributed by atoms with E-state index in [2.05, 4.69) is 10.1 Å². The summed E-state index contributed by atoms with van der Waals surface area (Å²) in [6.45, 7) is 0.0921. The Bertz CT molecular complexity index is 1260. The zero-order chi connectivity index (χ0) is 20.1. The number of pyridine rings is 1. The van der Waals surface area contributed by atoms with Crippen molar-refractivity contribution in [3.63, 3.8) is 0 Å². The van der Waals surface area contributed by atoms with Gasteiger partial charge in [-0.2, -0.15) is 5.10 Å². The van der Waals surface area contributed by atoms with Gasteiger partial charge in [-0.05, 0) is 41.5 Å². The molecule has 3 heterocycles. The molecule has 1 amide bonds. The Morgan fingerprint density at radius 1 is 1.07 bits per heavy atom. The molecule has 7 heteroatoms. The summed E-state index contributed by atoms with van der Waals surface area (Å²) in [6.07, 6.45) is 3.28. The lowest BCUT2D eigenvalue weighted by atomic mass is 9.99. The monoisotopic (exact) mass is 390 g/mol. The third-order valence-electron chi connectivity index (χ3n) is 5.34. The minimum absolute atomic E-state index is 0.131. The smallest absolute Gasteiger partial charge is 0.256 e. The van der Waals surface area contributed by atoms with Crippen LogP contribution >= 0.6 is 0 Å². The average Bonchev–Trinajstić information content (AvgIpc) is 3.25. The maximum absolute atomic E-state index is 14.9. The molecule has 2 aromatic heterocycles. The molecule has 2 aromatic carbocycles. The molecule has 0 N–H and O–H groups in total. The van der Waals surface area contributed by atoms with Gasteiger partial charge >= 0.3 is 0 Å². The van der Waals surface area contributed by atoms with Gasteiger partial charge in [-0.3, -0.25) is 14.5 Å². The van der Waals surface area contributed by atoms with Crippen molar-refractivity contribution in [2.24, 2.45) is 7.05 Å². The summed E-state index contributed by atoms with van der Waals surface area (Å²) < 4.78 is 31.5. The van der Waals surface area contributed by atoms with E-state index in [0.717, 1.165) is 10.9 Å². The maximum atomic E-state index is 14.9. The molecule has 1 aliphatic rings. The van der Waals surface area contributed by atoms with Crippen molar-refractivity contribution in [3.05, 3.63) is 83.3 Å². The van der Waals surface area contributed by atoms with E-state index in [-0.39, 0.29) is 24.6 Å². The van der Waals surface area contributed by atoms with E-state index in [9.17, 15) is 13.6 Å². The van der Waals surface area contributed by atoms with Crippen LogP contribution in [0.5, 0.6) is 0 Å². The van der Waals surface area contributed by atoms with Gasteiger partial charge in [-0.15, -0.1) is 0 Å². The Kier molecular flexibility index (Phi) is 3.91. The molecule has 0 fully saturated rings. The lowest BCUT2D eigenvalue weighted by molar-refractivity contribution is 0.0763. The Hall–Kier alpha value is -3.61. The third kappa shape index (κ3) is 2.77. The number of aromatic nitrogens is 3. The highest BCUT2D eigenvalue weighted by Gasteiger charge is 2.29. The molecule has 0 radical (unpaired) electrons. The maximum Gasteiger partial charge on any atom is 0.256 e. The number of nitrogens with zero attached hydrogens (tertiary/aromatic N) is 4. The number of benzene rings is 2. The van der Waals surface area contributed by atoms with Crippen molar-refractivity contribution in [2.45, 2.75) is 13.1 Å². The molecule has 0 unspecified atom stereocenters. The summed E-state index contributed by atoms with van der Waals surface area (Å²) in [5.41, 5.74) is 2.98. The van der Waals surface area contributed by atoms with Crippen molar-refractivity contribution in [3.8, 4) is 11.1 Å². The molecule has 0 atom stereocenters. The number of hydrogen-bond donors (Lipinski definition) is 0. The van der Waals surface area contributed by atoms with Crippen LogP contribution in [-0.4, -0.2) is 25.6 Å². The number of hydrogen-bond acceptors (Lipinski definition) is 3. The lowest BCUT2D eigenvalue weighted by Crippen LogP contribution is -2.24. The van der Waals surface area contributed by atoms with E-state index in [1.807, 2.05) is 25.2 Å². The van der Waals surface area contributed by atoms with Crippen LogP contribution in [-0.2, 0) is 20.1 Å². The average molecular weight is 390 g/mol. The van der Waals surface area contributed by atoms with Crippen LogP contribution in [0.1, 0.15) is 21.6 Å². The van der Waals surface area contributed by atoms with E-state index in [4.69, 9.17) is 0 Å². The Morgan fingerprint density at radius 2 is 1.83 bits per heavy atom. The molecular weight excluding hydrogens is 374 g/mol. The Labute approximate surface area is 165 Å². The van der Waals surface area contributed by atoms with E-state index in [1.165, 1.54) is 17.0 Å². The highest BCUT2D eigenvalue weighted by molar-refractivity contribution is 5.97. The first-order valence-corrected chi connectivity index (χ1v) is 9.15. The molecule has 0 bridgehead atoms. The van der Waals surface area contributed by atoms with Crippen molar-refractivity contribution < 1.29 is 13.6 Å². The standard InChI is InChI=1S/C22H16F2N4O/c1-27-21-6-2-4-14(16(21)10-26-27)13-8-18(23)17(19(24)9-13)11-28-12-20-15(22(28)29)5-3-7-25-20/h2-10H,11-12H2,1H3. The van der Waals surface area contributed by atoms with E-state index in [0.29, 0.717) is 22.4 Å². The van der Waals surface area contributed by atoms with Gasteiger partial charge in [0.1, 0.15) is 11.6 Å². The second-order valence-electron chi connectivity index (χ2n) is 7.08. The minimum atomic E-state index is -0.683. The zero-order valence-electron chi connectivity index (χ0n) is 15.6. The summed E-state index contributed by atoms with van der Waals surface area (Å²) in [5, 5.41) is 5.04. The SMILES string of the molecule is Cn1ncc2c(-c3cc(F)c(CN4Cc5ncccc5C4=O)c(F)c3)cccc21. The van der Waals surface area contributed by atoms with Gasteiger partial charge in [0.2, 0.25) is 0 Å². The number of carbonyl (C=O) groups excluding carboxylic acids is 1. The number of halogens is 2. The fourth-order valence-electron chi connectivity index (χ4n) is 3.84. The van der Waals surface area contributed by atoms with Crippen molar-refractivity contribution >= 4 is 16.8 Å². The van der Waals surface area contributed by atoms with Crippen molar-refractivity contribution in [1.82, 2.24) is 19.7 Å². The fourth-order valence-corrected chi connectivity index (χ4v) is 3.84. The summed E-state index contributed by atoms with van der Waals surface area (Å²) in [7, 11) is 1.82. The Balaban J connectivity index is 1.50. The fraction of sp³-hybridized carbons (Fsp3) is 0.136. The van der Waals surface area contributed by atoms with Crippen LogP contribution in [0.2, 0.25) is 0 Å². The number of carbonyl (C=O) groups is 1. The first-order valence-electron chi connectivity index (χ1n) is 9.15. The quantitative estimate of drug-likeness (QED) is 0.530. The van der Waals surface area contributed by atoms with Gasteiger partial charge in [0.25, 0.3) is 5.91 Å². The largest absolute Gasteiger partial charge is 0.328 e. The number of amides is 1. The van der Waals surface area contributed by atoms with Crippen LogP contribution < -0.4 is 0 Å². The molecule has 0 spiro atoms. The summed E-state index contributed by atoms with van der Waals surface area (Å²) in [5.74, 6) is -1.63. The molecule has 4 aromatic rings. The van der Waals surface area contributed by atoms with Crippen LogP contribution in [0.4, 0.5) is 8.78 Å². The first kappa shape index (κ1) is 17.5. The second kappa shape index (κ2) is 6.48. The summed E-state index contributed by atoms with van der Waals surface area (Å²) in [4.78, 5) is 18.1. The van der Waals surface area contributed by atoms with Crippen LogP contribution in [0.3, 0.4) is 0 Å². The predicted octanol–water partition coefficient (Wildman–Crippen LogP) is 4.07. The normalized spacial score (nSPS) is 13.3. The van der Waals surface area contributed by atoms with E-state index < -0.39 is 11.6 Å². The molecule has 144 valence electrons. The first-order chi connectivity index (χ1) is 14.0. The van der Waals surface area contributed by atoms with Gasteiger partial charge in [-0.1, -0.05) is 12.1 Å². The van der Waals surface area contributed by atoms with Crippen LogP contribution in [0.15, 0.2) is 54.9 Å². The summed E-state index contributed by atoms with van der Waals surface area (Å²) in [6, 6.07) is 11.5. The molecular formula is C22H16F2N4O. The molecule has 0 aliphatic carbocycles. The highest BCUT2D eigenvalue weighted by atomic mass is 19.1. The van der Waals surface area contributed by atoms with Gasteiger partial charge in [0, 0.05) is 24.2 Å². The number of rotatable bonds is 3. The molecule has 29 heavy (non-hydrogen) atoms.